The third-order valence-corrected chi connectivity index (χ3v) is 12.9. The van der Waals surface area contributed by atoms with E-state index in [1.165, 1.54) is 109 Å². The van der Waals surface area contributed by atoms with Crippen molar-refractivity contribution < 1.29 is 58.2 Å². The fourth-order valence-corrected chi connectivity index (χ4v) is 8.54. The lowest BCUT2D eigenvalue weighted by Gasteiger charge is -2.40. The van der Waals surface area contributed by atoms with E-state index in [0.717, 1.165) is 83.5 Å². The molecule has 410 valence electrons. The molecule has 0 aliphatic carbocycles. The van der Waals surface area contributed by atoms with Crippen LogP contribution in [-0.4, -0.2) is 89.2 Å². The highest BCUT2D eigenvalue weighted by atomic mass is 16.7. The summed E-state index contributed by atoms with van der Waals surface area (Å²) in [5.74, 6) is -3.16. The van der Waals surface area contributed by atoms with Gasteiger partial charge in [0.05, 0.1) is 6.61 Å². The number of hydrogen-bond donors (Lipinski definition) is 3. The highest BCUT2D eigenvalue weighted by Gasteiger charge is 2.50. The highest BCUT2D eigenvalue weighted by molar-refractivity contribution is 5.74. The molecule has 3 N–H and O–H groups in total. The Morgan fingerprint density at radius 2 is 0.887 bits per heavy atom. The molecule has 1 fully saturated rings. The Morgan fingerprint density at radius 1 is 0.479 bits per heavy atom. The molecule has 1 saturated heterocycles. The predicted molar refractivity (Wildman–Crippen MR) is 285 cm³/mol. The number of aliphatic carboxylic acids is 1. The Kier molecular flexibility index (Phi) is 44.1. The summed E-state index contributed by atoms with van der Waals surface area (Å²) in [7, 11) is 0. The summed E-state index contributed by atoms with van der Waals surface area (Å²) in [4.78, 5) is 51.0. The molecule has 1 aliphatic heterocycles. The second-order valence-corrected chi connectivity index (χ2v) is 19.6. The number of carbonyl (C=O) groups is 4. The zero-order chi connectivity index (χ0) is 51.8. The van der Waals surface area contributed by atoms with Crippen molar-refractivity contribution in [2.75, 3.05) is 13.2 Å². The second kappa shape index (κ2) is 47.7. The number of hydrogen-bond acceptors (Lipinski definition) is 11. The predicted octanol–water partition coefficient (Wildman–Crippen LogP) is 14.2. The van der Waals surface area contributed by atoms with E-state index >= 15 is 0 Å². The number of esters is 3. The van der Waals surface area contributed by atoms with E-state index in [4.69, 9.17) is 23.7 Å². The molecule has 71 heavy (non-hydrogen) atoms. The van der Waals surface area contributed by atoms with Crippen LogP contribution in [0.4, 0.5) is 0 Å². The van der Waals surface area contributed by atoms with E-state index in [1.54, 1.807) is 0 Å². The largest absolute Gasteiger partial charge is 0.479 e. The fraction of sp³-hybridized carbons (Fsp3) is 0.797. The first kappa shape index (κ1) is 65.7. The smallest absolute Gasteiger partial charge is 0.335 e. The Labute approximate surface area is 431 Å². The third kappa shape index (κ3) is 38.0. The minimum atomic E-state index is -1.90. The van der Waals surface area contributed by atoms with Gasteiger partial charge in [-0.3, -0.25) is 14.4 Å². The summed E-state index contributed by atoms with van der Waals surface area (Å²) in [6.07, 6.45) is 43.7. The number of aliphatic hydroxyl groups excluding tert-OH is 2. The van der Waals surface area contributed by atoms with E-state index in [-0.39, 0.29) is 25.9 Å². The van der Waals surface area contributed by atoms with Crippen molar-refractivity contribution >= 4 is 23.9 Å². The molecule has 0 spiro atoms. The van der Waals surface area contributed by atoms with Gasteiger partial charge in [-0.1, -0.05) is 223 Å². The minimum Gasteiger partial charge on any atom is -0.479 e. The molecule has 6 unspecified atom stereocenters. The average molecular weight is 1000 g/mol. The first-order chi connectivity index (χ1) is 34.6. The van der Waals surface area contributed by atoms with Crippen LogP contribution in [0.5, 0.6) is 0 Å². The standard InChI is InChI=1S/C59H102O12/c1-4-7-10-13-16-19-22-25-26-29-30-33-36-39-42-45-51(60)67-48-50(69-52(61)46-43-40-37-34-31-27-23-20-17-14-11-8-5-2)49-68-59-57(55(64)54(63)56(71-59)58(65)66)70-53(62)47-44-41-38-35-32-28-24-21-18-15-12-9-6-3/h7,10,16,19,25-26,30,33,50,54-57,59,63-64H,4-6,8-9,11-15,17-18,20-24,27-29,31-32,34-49H2,1-3H3,(H,65,66)/b10-7-,19-16-,26-25-,33-30-. The van der Waals surface area contributed by atoms with E-state index in [1.807, 2.05) is 0 Å². The highest BCUT2D eigenvalue weighted by Crippen LogP contribution is 2.26. The first-order valence-electron chi connectivity index (χ1n) is 28.6. The SMILES string of the molecule is CC/C=C\C/C=C\C/C=C\C/C=C\CCCCC(=O)OCC(COC1OC(C(=O)O)C(O)C(O)C1OC(=O)CCCCCCCCCCCCCCC)OC(=O)CCCCCCCCCCCCCCC. The lowest BCUT2D eigenvalue weighted by molar-refractivity contribution is -0.301. The summed E-state index contributed by atoms with van der Waals surface area (Å²) < 4.78 is 28.3. The van der Waals surface area contributed by atoms with Gasteiger partial charge in [0.1, 0.15) is 18.8 Å². The molecule has 1 rings (SSSR count). The number of carboxylic acids is 1. The lowest BCUT2D eigenvalue weighted by atomic mass is 9.98. The topological polar surface area (TPSA) is 175 Å². The van der Waals surface area contributed by atoms with E-state index in [0.29, 0.717) is 19.3 Å². The van der Waals surface area contributed by atoms with Crippen LogP contribution in [0.2, 0.25) is 0 Å². The Bertz CT molecular complexity index is 1420. The molecule has 1 aliphatic rings. The molecular formula is C59H102O12. The number of ether oxygens (including phenoxy) is 5. The van der Waals surface area contributed by atoms with Gasteiger partial charge in [0.25, 0.3) is 0 Å². The Balaban J connectivity index is 2.73. The van der Waals surface area contributed by atoms with E-state index < -0.39 is 67.3 Å². The normalized spacial score (nSPS) is 18.8. The number of rotatable bonds is 48. The zero-order valence-corrected chi connectivity index (χ0v) is 45.0. The molecule has 0 radical (unpaired) electrons. The van der Waals surface area contributed by atoms with Crippen LogP contribution in [-0.2, 0) is 42.9 Å². The molecule has 0 aromatic heterocycles. The van der Waals surface area contributed by atoms with Crippen molar-refractivity contribution in [3.63, 3.8) is 0 Å². The van der Waals surface area contributed by atoms with Gasteiger partial charge in [0.15, 0.2) is 24.6 Å². The second-order valence-electron chi connectivity index (χ2n) is 19.6. The molecule has 1 heterocycles. The van der Waals surface area contributed by atoms with Crippen molar-refractivity contribution in [2.24, 2.45) is 0 Å². The summed E-state index contributed by atoms with van der Waals surface area (Å²) in [5, 5.41) is 31.4. The van der Waals surface area contributed by atoms with Crippen molar-refractivity contribution in [2.45, 2.75) is 289 Å². The fourth-order valence-electron chi connectivity index (χ4n) is 8.54. The van der Waals surface area contributed by atoms with Gasteiger partial charge in [0.2, 0.25) is 0 Å². The zero-order valence-electron chi connectivity index (χ0n) is 45.0. The summed E-state index contributed by atoms with van der Waals surface area (Å²) in [6.45, 7) is 5.84. The maximum Gasteiger partial charge on any atom is 0.335 e. The summed E-state index contributed by atoms with van der Waals surface area (Å²) in [5.41, 5.74) is 0. The lowest BCUT2D eigenvalue weighted by Crippen LogP contribution is -2.61. The van der Waals surface area contributed by atoms with Gasteiger partial charge in [-0.2, -0.15) is 0 Å². The molecule has 0 bridgehead atoms. The van der Waals surface area contributed by atoms with Gasteiger partial charge in [-0.05, 0) is 57.8 Å². The van der Waals surface area contributed by atoms with Gasteiger partial charge in [0, 0.05) is 19.3 Å². The molecule has 12 heteroatoms. The van der Waals surface area contributed by atoms with Crippen LogP contribution in [0, 0.1) is 0 Å². The molecule has 12 nitrogen and oxygen atoms in total. The van der Waals surface area contributed by atoms with Crippen LogP contribution in [0.3, 0.4) is 0 Å². The Morgan fingerprint density at radius 3 is 1.35 bits per heavy atom. The monoisotopic (exact) mass is 1000 g/mol. The quantitative estimate of drug-likeness (QED) is 0.0228. The Hall–Kier alpha value is -3.32. The molecule has 0 amide bonds. The van der Waals surface area contributed by atoms with Gasteiger partial charge < -0.3 is 39.0 Å². The average Bonchev–Trinajstić information content (AvgIpc) is 3.35. The maximum atomic E-state index is 13.1. The summed E-state index contributed by atoms with van der Waals surface area (Å²) in [6, 6.07) is 0. The molecule has 0 aromatic rings. The minimum absolute atomic E-state index is 0.0605. The van der Waals surface area contributed by atoms with Crippen LogP contribution in [0.1, 0.15) is 252 Å². The number of carboxylic acid groups (broad SMARTS) is 1. The van der Waals surface area contributed by atoms with Crippen molar-refractivity contribution in [3.05, 3.63) is 48.6 Å². The molecule has 0 saturated carbocycles. The van der Waals surface area contributed by atoms with Crippen LogP contribution in [0.15, 0.2) is 48.6 Å². The molecule has 6 atom stereocenters. The maximum absolute atomic E-state index is 13.1. The van der Waals surface area contributed by atoms with Crippen LogP contribution in [0.25, 0.3) is 0 Å². The third-order valence-electron chi connectivity index (χ3n) is 12.9. The van der Waals surface area contributed by atoms with Crippen molar-refractivity contribution in [1.29, 1.82) is 0 Å². The van der Waals surface area contributed by atoms with Gasteiger partial charge in [-0.25, -0.2) is 4.79 Å². The number of unbranched alkanes of at least 4 members (excludes halogenated alkanes) is 26. The first-order valence-corrected chi connectivity index (χ1v) is 28.6. The number of allylic oxidation sites excluding steroid dienone is 8. The van der Waals surface area contributed by atoms with Crippen molar-refractivity contribution in [1.82, 2.24) is 0 Å². The van der Waals surface area contributed by atoms with Crippen molar-refractivity contribution in [3.8, 4) is 0 Å². The number of carbonyl (C=O) groups excluding carboxylic acids is 3. The number of aliphatic hydroxyl groups is 2. The van der Waals surface area contributed by atoms with Crippen LogP contribution >= 0.6 is 0 Å². The van der Waals surface area contributed by atoms with E-state index in [2.05, 4.69) is 69.4 Å². The van der Waals surface area contributed by atoms with E-state index in [9.17, 15) is 34.5 Å². The molecule has 0 aromatic carbocycles. The summed E-state index contributed by atoms with van der Waals surface area (Å²) >= 11 is 0. The van der Waals surface area contributed by atoms with Gasteiger partial charge in [-0.15, -0.1) is 0 Å². The van der Waals surface area contributed by atoms with Crippen LogP contribution < -0.4 is 0 Å². The van der Waals surface area contributed by atoms with Gasteiger partial charge >= 0.3 is 23.9 Å². The molecular weight excluding hydrogens is 901 g/mol.